The molecule has 0 fully saturated rings. The molecule has 0 atom stereocenters. The van der Waals surface area contributed by atoms with E-state index in [0.29, 0.717) is 0 Å². The van der Waals surface area contributed by atoms with Crippen molar-refractivity contribution >= 4 is 10.9 Å². The molecule has 1 aromatic carbocycles. The molecule has 74 valence electrons. The molecule has 1 nitrogen and oxygen atoms in total. The van der Waals surface area contributed by atoms with Crippen molar-refractivity contribution in [3.05, 3.63) is 30.5 Å². The van der Waals surface area contributed by atoms with E-state index < -0.39 is 0 Å². The van der Waals surface area contributed by atoms with Gasteiger partial charge in [-0.15, -0.1) is 0 Å². The lowest BCUT2D eigenvalue weighted by Gasteiger charge is -1.80. The van der Waals surface area contributed by atoms with Crippen LogP contribution in [-0.4, -0.2) is 4.98 Å². The zero-order valence-corrected chi connectivity index (χ0v) is 9.33. The van der Waals surface area contributed by atoms with E-state index in [2.05, 4.69) is 29.2 Å². The molecule has 2 aromatic rings. The highest BCUT2D eigenvalue weighted by atomic mass is 14.7. The topological polar surface area (TPSA) is 12.9 Å². The maximum absolute atomic E-state index is 4.22. The van der Waals surface area contributed by atoms with Crippen LogP contribution in [-0.2, 0) is 0 Å². The maximum Gasteiger partial charge on any atom is 0.0714 e. The summed E-state index contributed by atoms with van der Waals surface area (Å²) < 4.78 is 0. The Balaban J connectivity index is 0.000000222. The lowest BCUT2D eigenvalue weighted by atomic mass is 10.3. The summed E-state index contributed by atoms with van der Waals surface area (Å²) in [7, 11) is 0. The third kappa shape index (κ3) is 1.63. The molecule has 0 saturated carbocycles. The summed E-state index contributed by atoms with van der Waals surface area (Å²) in [5, 5.41) is 1.37. The van der Waals surface area contributed by atoms with Gasteiger partial charge in [-0.2, -0.15) is 0 Å². The number of hydrogen-bond donors (Lipinski definition) is 0. The number of fused-ring (bicyclic) bond motifs is 1. The summed E-state index contributed by atoms with van der Waals surface area (Å²) in [4.78, 5) is 4.22. The highest BCUT2D eigenvalue weighted by molar-refractivity contribution is 6.18. The molecular formula is C13H17N. The van der Waals surface area contributed by atoms with Crippen LogP contribution in [0.15, 0.2) is 30.5 Å². The van der Waals surface area contributed by atoms with Gasteiger partial charge in [0.25, 0.3) is 0 Å². The van der Waals surface area contributed by atoms with E-state index in [1.165, 1.54) is 16.5 Å². The number of hydrogen-bond acceptors (Lipinski definition) is 1. The highest BCUT2D eigenvalue weighted by Gasteiger charge is 2.19. The number of aromatic nitrogens is 1. The van der Waals surface area contributed by atoms with E-state index in [1.54, 1.807) is 0 Å². The minimum absolute atomic E-state index is 1.13. The van der Waals surface area contributed by atoms with Gasteiger partial charge in [-0.25, -0.2) is 0 Å². The first-order chi connectivity index (χ1) is 6.97. The molecule has 0 radical (unpaired) electrons. The standard InChI is InChI=1S/C9H5N.2C2H6/c1-2-6-7-4-5-10-8(3-1)9(6)7;2*1-2/h1-5H;2*1-2H3. The predicted molar refractivity (Wildman–Crippen MR) is 63.4 cm³/mol. The summed E-state index contributed by atoms with van der Waals surface area (Å²) in [6.45, 7) is 8.00. The van der Waals surface area contributed by atoms with E-state index in [1.807, 2.05) is 33.9 Å². The van der Waals surface area contributed by atoms with Crippen LogP contribution in [0.4, 0.5) is 0 Å². The quantitative estimate of drug-likeness (QED) is 0.512. The van der Waals surface area contributed by atoms with Gasteiger partial charge < -0.3 is 0 Å². The van der Waals surface area contributed by atoms with E-state index in [9.17, 15) is 0 Å². The zero-order chi connectivity index (χ0) is 10.6. The van der Waals surface area contributed by atoms with Crippen molar-refractivity contribution in [2.45, 2.75) is 27.7 Å². The Bertz CT molecular complexity index is 382. The summed E-state index contributed by atoms with van der Waals surface area (Å²) >= 11 is 0. The molecule has 0 spiro atoms. The summed E-state index contributed by atoms with van der Waals surface area (Å²) in [5.74, 6) is 0. The lowest BCUT2D eigenvalue weighted by molar-refractivity contribution is 1.44. The van der Waals surface area contributed by atoms with Gasteiger partial charge in [-0.3, -0.25) is 4.98 Å². The summed E-state index contributed by atoms with van der Waals surface area (Å²) in [6.07, 6.45) is 1.87. The van der Waals surface area contributed by atoms with E-state index in [4.69, 9.17) is 0 Å². The van der Waals surface area contributed by atoms with Gasteiger partial charge in [-0.1, -0.05) is 39.8 Å². The van der Waals surface area contributed by atoms with Gasteiger partial charge in [0.05, 0.1) is 5.52 Å². The number of pyridine rings is 1. The van der Waals surface area contributed by atoms with Crippen LogP contribution in [0.25, 0.3) is 22.0 Å². The zero-order valence-electron chi connectivity index (χ0n) is 9.33. The molecule has 0 amide bonds. The van der Waals surface area contributed by atoms with Crippen LogP contribution in [0.1, 0.15) is 27.7 Å². The Morgan fingerprint density at radius 2 is 1.50 bits per heavy atom. The molecule has 0 aliphatic heterocycles. The number of benzene rings is 1. The Morgan fingerprint density at radius 3 is 2.14 bits per heavy atom. The van der Waals surface area contributed by atoms with E-state index in [0.717, 1.165) is 5.52 Å². The minimum atomic E-state index is 1.13. The first-order valence-corrected chi connectivity index (χ1v) is 5.35. The van der Waals surface area contributed by atoms with Crippen molar-refractivity contribution in [1.29, 1.82) is 0 Å². The highest BCUT2D eigenvalue weighted by Crippen LogP contribution is 2.45. The molecule has 1 aromatic heterocycles. The third-order valence-corrected chi connectivity index (χ3v) is 1.99. The Labute approximate surface area is 85.8 Å². The van der Waals surface area contributed by atoms with Crippen LogP contribution in [0.5, 0.6) is 0 Å². The Hall–Kier alpha value is -1.37. The van der Waals surface area contributed by atoms with Crippen molar-refractivity contribution in [3.8, 4) is 11.1 Å². The SMILES string of the molecule is CC.CC.c1cc2c3c-2ccnc3c1. The van der Waals surface area contributed by atoms with Crippen molar-refractivity contribution in [3.63, 3.8) is 0 Å². The molecule has 3 rings (SSSR count). The van der Waals surface area contributed by atoms with Crippen LogP contribution >= 0.6 is 0 Å². The van der Waals surface area contributed by atoms with Crippen LogP contribution in [0, 0.1) is 0 Å². The average molecular weight is 187 g/mol. The fourth-order valence-corrected chi connectivity index (χ4v) is 1.46. The molecule has 14 heavy (non-hydrogen) atoms. The minimum Gasteiger partial charge on any atom is -0.256 e. The van der Waals surface area contributed by atoms with Crippen molar-refractivity contribution in [2.24, 2.45) is 0 Å². The smallest absolute Gasteiger partial charge is 0.0714 e. The molecule has 0 unspecified atom stereocenters. The number of nitrogens with zero attached hydrogens (tertiary/aromatic N) is 1. The summed E-state index contributed by atoms with van der Waals surface area (Å²) in [6, 6.07) is 8.31. The monoisotopic (exact) mass is 187 g/mol. The molecular weight excluding hydrogens is 170 g/mol. The number of rotatable bonds is 0. The molecule has 1 heteroatoms. The Kier molecular flexibility index (Phi) is 3.63. The fraction of sp³-hybridized carbons (Fsp3) is 0.308. The lowest BCUT2D eigenvalue weighted by Crippen LogP contribution is -1.64. The molecule has 1 heterocycles. The predicted octanol–water partition coefficient (Wildman–Crippen LogP) is 4.27. The second kappa shape index (κ2) is 4.75. The van der Waals surface area contributed by atoms with Gasteiger partial charge >= 0.3 is 0 Å². The van der Waals surface area contributed by atoms with Crippen molar-refractivity contribution < 1.29 is 0 Å². The Morgan fingerprint density at radius 1 is 0.857 bits per heavy atom. The first kappa shape index (κ1) is 10.7. The fourth-order valence-electron chi connectivity index (χ4n) is 1.46. The van der Waals surface area contributed by atoms with Gasteiger partial charge in [0.1, 0.15) is 0 Å². The maximum atomic E-state index is 4.22. The molecule has 1 aliphatic carbocycles. The normalized spacial score (nSPS) is 9.43. The van der Waals surface area contributed by atoms with Gasteiger partial charge in [0, 0.05) is 11.6 Å². The molecule has 0 bridgehead atoms. The van der Waals surface area contributed by atoms with Gasteiger partial charge in [0.2, 0.25) is 0 Å². The largest absolute Gasteiger partial charge is 0.256 e. The van der Waals surface area contributed by atoms with E-state index in [-0.39, 0.29) is 0 Å². The first-order valence-electron chi connectivity index (χ1n) is 5.35. The second-order valence-electron chi connectivity index (χ2n) is 2.56. The van der Waals surface area contributed by atoms with Crippen molar-refractivity contribution in [1.82, 2.24) is 4.98 Å². The van der Waals surface area contributed by atoms with Crippen LogP contribution in [0.2, 0.25) is 0 Å². The van der Waals surface area contributed by atoms with Crippen molar-refractivity contribution in [2.75, 3.05) is 0 Å². The third-order valence-electron chi connectivity index (χ3n) is 1.99. The van der Waals surface area contributed by atoms with Crippen LogP contribution < -0.4 is 0 Å². The molecule has 0 saturated heterocycles. The summed E-state index contributed by atoms with van der Waals surface area (Å²) in [5.41, 5.74) is 3.90. The van der Waals surface area contributed by atoms with Gasteiger partial charge in [0.15, 0.2) is 0 Å². The van der Waals surface area contributed by atoms with Crippen LogP contribution in [0.3, 0.4) is 0 Å². The van der Waals surface area contributed by atoms with E-state index >= 15 is 0 Å². The molecule has 1 aliphatic rings. The molecule has 0 N–H and O–H groups in total. The van der Waals surface area contributed by atoms with Gasteiger partial charge in [-0.05, 0) is 23.3 Å². The average Bonchev–Trinajstić information content (AvgIpc) is 3.01. The second-order valence-corrected chi connectivity index (χ2v) is 2.56.